The Labute approximate surface area is 115 Å². The topological polar surface area (TPSA) is 58.0 Å². The summed E-state index contributed by atoms with van der Waals surface area (Å²) in [5, 5.41) is 5.35. The van der Waals surface area contributed by atoms with E-state index in [2.05, 4.69) is 32.3 Å². The van der Waals surface area contributed by atoms with Crippen molar-refractivity contribution < 1.29 is 4.42 Å². The predicted molar refractivity (Wildman–Crippen MR) is 76.2 cm³/mol. The first-order valence-electron chi connectivity index (χ1n) is 5.30. The van der Waals surface area contributed by atoms with E-state index in [1.807, 2.05) is 17.5 Å². The molecule has 0 aliphatic carbocycles. The van der Waals surface area contributed by atoms with E-state index in [9.17, 15) is 4.79 Å². The van der Waals surface area contributed by atoms with Crippen molar-refractivity contribution in [3.8, 4) is 0 Å². The van der Waals surface area contributed by atoms with Gasteiger partial charge in [-0.1, -0.05) is 0 Å². The highest BCUT2D eigenvalue weighted by Gasteiger charge is 2.02. The molecule has 0 saturated carbocycles. The minimum absolute atomic E-state index is 0.427. The van der Waals surface area contributed by atoms with Crippen molar-refractivity contribution in [2.75, 3.05) is 5.32 Å². The summed E-state index contributed by atoms with van der Waals surface area (Å²) in [7, 11) is 0. The maximum Gasteiger partial charge on any atom is 0.417 e. The SMILES string of the molecule is O=c1[nH]c2cc(NCc3cc(Br)cs3)ccc2o1. The molecule has 0 aliphatic heterocycles. The lowest BCUT2D eigenvalue weighted by atomic mass is 10.3. The number of nitrogens with one attached hydrogen (secondary N) is 2. The minimum Gasteiger partial charge on any atom is -0.408 e. The van der Waals surface area contributed by atoms with Crippen molar-refractivity contribution in [1.82, 2.24) is 4.98 Å². The number of aromatic nitrogens is 1. The van der Waals surface area contributed by atoms with Crippen molar-refractivity contribution in [2.45, 2.75) is 6.54 Å². The molecular weight excluding hydrogens is 316 g/mol. The number of halogens is 1. The number of rotatable bonds is 3. The van der Waals surface area contributed by atoms with Crippen molar-refractivity contribution >= 4 is 44.1 Å². The lowest BCUT2D eigenvalue weighted by Crippen LogP contribution is -1.97. The van der Waals surface area contributed by atoms with Crippen LogP contribution in [0.4, 0.5) is 5.69 Å². The highest BCUT2D eigenvalue weighted by atomic mass is 79.9. The summed E-state index contributed by atoms with van der Waals surface area (Å²) < 4.78 is 6.04. The third kappa shape index (κ3) is 2.34. The van der Waals surface area contributed by atoms with Gasteiger partial charge in [-0.3, -0.25) is 4.98 Å². The van der Waals surface area contributed by atoms with Crippen LogP contribution in [0.5, 0.6) is 0 Å². The number of oxazole rings is 1. The van der Waals surface area contributed by atoms with E-state index in [0.717, 1.165) is 16.7 Å². The largest absolute Gasteiger partial charge is 0.417 e. The van der Waals surface area contributed by atoms with Crippen LogP contribution in [-0.4, -0.2) is 4.98 Å². The van der Waals surface area contributed by atoms with Crippen LogP contribution < -0.4 is 11.1 Å². The molecule has 92 valence electrons. The van der Waals surface area contributed by atoms with E-state index in [1.54, 1.807) is 17.4 Å². The van der Waals surface area contributed by atoms with E-state index >= 15 is 0 Å². The average Bonchev–Trinajstić information content (AvgIpc) is 2.90. The molecule has 0 unspecified atom stereocenters. The van der Waals surface area contributed by atoms with Gasteiger partial charge in [-0.05, 0) is 40.2 Å². The maximum atomic E-state index is 11.0. The summed E-state index contributed by atoms with van der Waals surface area (Å²) in [4.78, 5) is 14.9. The number of fused-ring (bicyclic) bond motifs is 1. The van der Waals surface area contributed by atoms with E-state index < -0.39 is 5.76 Å². The van der Waals surface area contributed by atoms with Crippen LogP contribution >= 0.6 is 27.3 Å². The van der Waals surface area contributed by atoms with E-state index in [4.69, 9.17) is 4.42 Å². The maximum absolute atomic E-state index is 11.0. The number of thiophene rings is 1. The summed E-state index contributed by atoms with van der Waals surface area (Å²) in [6.45, 7) is 0.754. The van der Waals surface area contributed by atoms with Crippen LogP contribution in [0.25, 0.3) is 11.1 Å². The lowest BCUT2D eigenvalue weighted by Gasteiger charge is -2.03. The average molecular weight is 325 g/mol. The highest BCUT2D eigenvalue weighted by molar-refractivity contribution is 9.10. The molecule has 18 heavy (non-hydrogen) atoms. The van der Waals surface area contributed by atoms with Gasteiger partial charge in [0.25, 0.3) is 0 Å². The summed E-state index contributed by atoms with van der Waals surface area (Å²) in [6, 6.07) is 7.61. The number of H-pyrrole nitrogens is 1. The van der Waals surface area contributed by atoms with Crippen LogP contribution in [0.1, 0.15) is 4.88 Å². The lowest BCUT2D eigenvalue weighted by molar-refractivity contribution is 0.555. The Kier molecular flexibility index (Phi) is 2.97. The zero-order chi connectivity index (χ0) is 12.5. The van der Waals surface area contributed by atoms with Gasteiger partial charge in [-0.15, -0.1) is 11.3 Å². The van der Waals surface area contributed by atoms with Gasteiger partial charge < -0.3 is 9.73 Å². The molecule has 3 rings (SSSR count). The number of benzene rings is 1. The van der Waals surface area contributed by atoms with Gasteiger partial charge in [0.1, 0.15) is 0 Å². The molecule has 0 amide bonds. The zero-order valence-corrected chi connectivity index (χ0v) is 11.6. The fourth-order valence-electron chi connectivity index (χ4n) is 1.70. The zero-order valence-electron chi connectivity index (χ0n) is 9.20. The van der Waals surface area contributed by atoms with Crippen molar-refractivity contribution in [3.63, 3.8) is 0 Å². The van der Waals surface area contributed by atoms with Crippen LogP contribution in [0.3, 0.4) is 0 Å². The molecule has 0 radical (unpaired) electrons. The first-order valence-corrected chi connectivity index (χ1v) is 6.97. The number of hydrogen-bond acceptors (Lipinski definition) is 4. The molecule has 3 aromatic rings. The Morgan fingerprint density at radius 3 is 3.06 bits per heavy atom. The molecular formula is C12H9BrN2O2S. The predicted octanol–water partition coefficient (Wildman–Crippen LogP) is 3.56. The Hall–Kier alpha value is -1.53. The highest BCUT2D eigenvalue weighted by Crippen LogP contribution is 2.22. The van der Waals surface area contributed by atoms with Gasteiger partial charge in [0.2, 0.25) is 0 Å². The van der Waals surface area contributed by atoms with Gasteiger partial charge in [0.15, 0.2) is 5.58 Å². The first-order chi connectivity index (χ1) is 8.70. The van der Waals surface area contributed by atoms with Crippen LogP contribution in [0.15, 0.2) is 43.3 Å². The van der Waals surface area contributed by atoms with Crippen LogP contribution in [0.2, 0.25) is 0 Å². The van der Waals surface area contributed by atoms with Gasteiger partial charge in [0.05, 0.1) is 5.52 Å². The fraction of sp³-hybridized carbons (Fsp3) is 0.0833. The molecule has 0 atom stereocenters. The second-order valence-corrected chi connectivity index (χ2v) is 5.72. The molecule has 0 saturated heterocycles. The first kappa shape index (κ1) is 11.6. The number of aromatic amines is 1. The fourth-order valence-corrected chi connectivity index (χ4v) is 3.09. The summed E-state index contributed by atoms with van der Waals surface area (Å²) in [5.74, 6) is -0.427. The number of hydrogen-bond donors (Lipinski definition) is 2. The second kappa shape index (κ2) is 4.62. The standard InChI is InChI=1S/C12H9BrN2O2S/c13-7-3-9(18-6-7)5-14-8-1-2-11-10(4-8)15-12(16)17-11/h1-4,6,14H,5H2,(H,15,16). The third-order valence-corrected chi connectivity index (χ3v) is 4.21. The Morgan fingerprint density at radius 2 is 2.28 bits per heavy atom. The van der Waals surface area contributed by atoms with Crippen LogP contribution in [-0.2, 0) is 6.54 Å². The van der Waals surface area contributed by atoms with Gasteiger partial charge >= 0.3 is 5.76 Å². The monoisotopic (exact) mass is 324 g/mol. The molecule has 0 aliphatic rings. The molecule has 0 fully saturated rings. The Bertz CT molecular complexity index is 744. The molecule has 6 heteroatoms. The Morgan fingerprint density at radius 1 is 1.39 bits per heavy atom. The molecule has 2 N–H and O–H groups in total. The molecule has 1 aromatic carbocycles. The van der Waals surface area contributed by atoms with E-state index in [0.29, 0.717) is 11.1 Å². The van der Waals surface area contributed by atoms with Gasteiger partial charge in [0, 0.05) is 27.0 Å². The van der Waals surface area contributed by atoms with Crippen molar-refractivity contribution in [1.29, 1.82) is 0 Å². The van der Waals surface area contributed by atoms with Gasteiger partial charge in [-0.2, -0.15) is 0 Å². The van der Waals surface area contributed by atoms with E-state index in [1.165, 1.54) is 4.88 Å². The number of anilines is 1. The minimum atomic E-state index is -0.427. The van der Waals surface area contributed by atoms with E-state index in [-0.39, 0.29) is 0 Å². The third-order valence-electron chi connectivity index (χ3n) is 2.51. The summed E-state index contributed by atoms with van der Waals surface area (Å²) >= 11 is 5.12. The molecule has 2 heterocycles. The van der Waals surface area contributed by atoms with Crippen LogP contribution in [0, 0.1) is 0 Å². The molecule has 2 aromatic heterocycles. The van der Waals surface area contributed by atoms with Gasteiger partial charge in [-0.25, -0.2) is 4.79 Å². The second-order valence-electron chi connectivity index (χ2n) is 3.81. The smallest absolute Gasteiger partial charge is 0.408 e. The molecule has 4 nitrogen and oxygen atoms in total. The van der Waals surface area contributed by atoms with Crippen molar-refractivity contribution in [2.24, 2.45) is 0 Å². The normalized spacial score (nSPS) is 10.9. The Balaban J connectivity index is 1.80. The molecule has 0 bridgehead atoms. The summed E-state index contributed by atoms with van der Waals surface area (Å²) in [5.41, 5.74) is 2.23. The van der Waals surface area contributed by atoms with Crippen molar-refractivity contribution in [3.05, 3.63) is 49.5 Å². The quantitative estimate of drug-likeness (QED) is 0.774. The summed E-state index contributed by atoms with van der Waals surface area (Å²) in [6.07, 6.45) is 0. The molecule has 0 spiro atoms.